The second-order valence-electron chi connectivity index (χ2n) is 7.65. The van der Waals surface area contributed by atoms with Crippen molar-refractivity contribution >= 4 is 29.4 Å². The predicted octanol–water partition coefficient (Wildman–Crippen LogP) is 5.18. The summed E-state index contributed by atoms with van der Waals surface area (Å²) in [6.07, 6.45) is 5.09. The average Bonchev–Trinajstić information content (AvgIpc) is 3.21. The summed E-state index contributed by atoms with van der Waals surface area (Å²) in [4.78, 5) is 25.5. The zero-order valence-electron chi connectivity index (χ0n) is 17.0. The molecule has 3 N–H and O–H groups in total. The van der Waals surface area contributed by atoms with Crippen LogP contribution < -0.4 is 16.0 Å². The summed E-state index contributed by atoms with van der Waals surface area (Å²) in [6.45, 7) is 4.25. The summed E-state index contributed by atoms with van der Waals surface area (Å²) < 4.78 is 0. The molecule has 0 unspecified atom stereocenters. The Labute approximate surface area is 177 Å². The first-order chi connectivity index (χ1) is 14.0. The number of amides is 3. The summed E-state index contributed by atoms with van der Waals surface area (Å²) >= 11 is 1.87. The highest BCUT2D eigenvalue weighted by Gasteiger charge is 2.18. The molecule has 3 rings (SSSR count). The lowest BCUT2D eigenvalue weighted by Gasteiger charge is -2.14. The number of hydrogen-bond acceptors (Lipinski definition) is 3. The van der Waals surface area contributed by atoms with Crippen LogP contribution in [0.15, 0.2) is 53.4 Å². The summed E-state index contributed by atoms with van der Waals surface area (Å²) in [7, 11) is 0. The fourth-order valence-corrected chi connectivity index (χ4v) is 4.65. The minimum Gasteiger partial charge on any atom is -0.336 e. The van der Waals surface area contributed by atoms with Crippen molar-refractivity contribution in [2.75, 3.05) is 5.32 Å². The van der Waals surface area contributed by atoms with E-state index in [2.05, 4.69) is 22.0 Å². The number of urea groups is 1. The highest BCUT2D eigenvalue weighted by atomic mass is 32.2. The molecular weight excluding hydrogens is 382 g/mol. The van der Waals surface area contributed by atoms with Gasteiger partial charge in [-0.3, -0.25) is 4.79 Å². The number of carbonyl (C=O) groups is 2. The Morgan fingerprint density at radius 1 is 1.03 bits per heavy atom. The molecule has 0 atom stereocenters. The Morgan fingerprint density at radius 2 is 1.72 bits per heavy atom. The SMILES string of the molecule is CC(C)NC(=O)NCc1ccc(C(=O)Nc2ccccc2SC2CCCC2)cc1. The lowest BCUT2D eigenvalue weighted by Crippen LogP contribution is -2.39. The van der Waals surface area contributed by atoms with Crippen LogP contribution in [0.2, 0.25) is 0 Å². The smallest absolute Gasteiger partial charge is 0.315 e. The van der Waals surface area contributed by atoms with Gasteiger partial charge in [0.05, 0.1) is 5.69 Å². The number of para-hydroxylation sites is 1. The summed E-state index contributed by atoms with van der Waals surface area (Å²) in [6, 6.07) is 15.2. The van der Waals surface area contributed by atoms with Gasteiger partial charge in [-0.15, -0.1) is 11.8 Å². The second-order valence-corrected chi connectivity index (χ2v) is 9.00. The van der Waals surface area contributed by atoms with Crippen molar-refractivity contribution in [2.45, 2.75) is 62.3 Å². The van der Waals surface area contributed by atoms with E-state index >= 15 is 0 Å². The lowest BCUT2D eigenvalue weighted by atomic mass is 10.1. The summed E-state index contributed by atoms with van der Waals surface area (Å²) in [5, 5.41) is 9.29. The topological polar surface area (TPSA) is 70.2 Å². The molecule has 2 aromatic rings. The van der Waals surface area contributed by atoms with Crippen LogP contribution >= 0.6 is 11.8 Å². The normalized spacial score (nSPS) is 14.0. The Bertz CT molecular complexity index is 830. The van der Waals surface area contributed by atoms with Crippen molar-refractivity contribution in [3.05, 3.63) is 59.7 Å². The van der Waals surface area contributed by atoms with Gasteiger partial charge in [-0.05, 0) is 56.5 Å². The number of benzene rings is 2. The first-order valence-electron chi connectivity index (χ1n) is 10.2. The van der Waals surface area contributed by atoms with Gasteiger partial charge in [-0.1, -0.05) is 37.1 Å². The average molecular weight is 412 g/mol. The Kier molecular flexibility index (Phi) is 7.58. The van der Waals surface area contributed by atoms with Gasteiger partial charge in [0.1, 0.15) is 0 Å². The molecule has 0 bridgehead atoms. The third kappa shape index (κ3) is 6.53. The third-order valence-electron chi connectivity index (χ3n) is 4.82. The van der Waals surface area contributed by atoms with Gasteiger partial charge < -0.3 is 16.0 Å². The van der Waals surface area contributed by atoms with E-state index in [9.17, 15) is 9.59 Å². The molecule has 29 heavy (non-hydrogen) atoms. The summed E-state index contributed by atoms with van der Waals surface area (Å²) in [5.41, 5.74) is 2.41. The molecule has 0 aliphatic heterocycles. The van der Waals surface area contributed by atoms with Crippen LogP contribution in [-0.2, 0) is 6.54 Å². The van der Waals surface area contributed by atoms with Crippen LogP contribution in [0.25, 0.3) is 0 Å². The molecule has 2 aromatic carbocycles. The molecule has 6 heteroatoms. The van der Waals surface area contributed by atoms with Crippen molar-refractivity contribution in [3.8, 4) is 0 Å². The molecule has 5 nitrogen and oxygen atoms in total. The molecule has 3 amide bonds. The van der Waals surface area contributed by atoms with Crippen LogP contribution in [0.4, 0.5) is 10.5 Å². The zero-order chi connectivity index (χ0) is 20.6. The van der Waals surface area contributed by atoms with E-state index in [4.69, 9.17) is 0 Å². The molecule has 0 saturated heterocycles. The molecule has 0 radical (unpaired) electrons. The molecule has 0 spiro atoms. The van der Waals surface area contributed by atoms with Crippen molar-refractivity contribution < 1.29 is 9.59 Å². The molecule has 1 fully saturated rings. The molecule has 1 saturated carbocycles. The number of nitrogens with one attached hydrogen (secondary N) is 3. The van der Waals surface area contributed by atoms with Gasteiger partial charge in [0.25, 0.3) is 5.91 Å². The fourth-order valence-electron chi connectivity index (χ4n) is 3.32. The van der Waals surface area contributed by atoms with E-state index in [0.717, 1.165) is 16.1 Å². The Balaban J connectivity index is 1.57. The molecule has 154 valence electrons. The Morgan fingerprint density at radius 3 is 2.41 bits per heavy atom. The van der Waals surface area contributed by atoms with Gasteiger partial charge in [0, 0.05) is 28.3 Å². The standard InChI is InChI=1S/C23H29N3O2S/c1-16(2)25-23(28)24-15-17-11-13-18(14-12-17)22(27)26-20-9-5-6-10-21(20)29-19-7-3-4-8-19/h5-6,9-14,16,19H,3-4,7-8,15H2,1-2H3,(H,26,27)(H2,24,25,28). The minimum absolute atomic E-state index is 0.0933. The first kappa shape index (κ1) is 21.2. The van der Waals surface area contributed by atoms with E-state index in [-0.39, 0.29) is 18.0 Å². The van der Waals surface area contributed by atoms with Crippen LogP contribution in [0.5, 0.6) is 0 Å². The van der Waals surface area contributed by atoms with E-state index < -0.39 is 0 Å². The fraction of sp³-hybridized carbons (Fsp3) is 0.391. The van der Waals surface area contributed by atoms with E-state index in [1.165, 1.54) is 25.7 Å². The Hall–Kier alpha value is -2.47. The largest absolute Gasteiger partial charge is 0.336 e. The predicted molar refractivity (Wildman–Crippen MR) is 119 cm³/mol. The van der Waals surface area contributed by atoms with Crippen LogP contribution in [0, 0.1) is 0 Å². The van der Waals surface area contributed by atoms with Crippen molar-refractivity contribution in [3.63, 3.8) is 0 Å². The third-order valence-corrected chi connectivity index (χ3v) is 6.23. The maximum Gasteiger partial charge on any atom is 0.315 e. The maximum atomic E-state index is 12.7. The van der Waals surface area contributed by atoms with Gasteiger partial charge in [0.15, 0.2) is 0 Å². The highest BCUT2D eigenvalue weighted by Crippen LogP contribution is 2.38. The number of hydrogen-bond donors (Lipinski definition) is 3. The monoisotopic (exact) mass is 411 g/mol. The number of thioether (sulfide) groups is 1. The minimum atomic E-state index is -0.196. The van der Waals surface area contributed by atoms with E-state index in [0.29, 0.717) is 17.4 Å². The quantitative estimate of drug-likeness (QED) is 0.588. The highest BCUT2D eigenvalue weighted by molar-refractivity contribution is 8.00. The second kappa shape index (κ2) is 10.3. The number of anilines is 1. The van der Waals surface area contributed by atoms with Gasteiger partial charge >= 0.3 is 6.03 Å². The molecule has 0 heterocycles. The molecule has 1 aliphatic carbocycles. The van der Waals surface area contributed by atoms with Crippen LogP contribution in [-0.4, -0.2) is 23.2 Å². The van der Waals surface area contributed by atoms with Crippen molar-refractivity contribution in [1.82, 2.24) is 10.6 Å². The lowest BCUT2D eigenvalue weighted by molar-refractivity contribution is 0.102. The number of carbonyl (C=O) groups excluding carboxylic acids is 2. The van der Waals surface area contributed by atoms with Crippen LogP contribution in [0.1, 0.15) is 55.5 Å². The zero-order valence-corrected chi connectivity index (χ0v) is 17.9. The van der Waals surface area contributed by atoms with Gasteiger partial charge in [-0.2, -0.15) is 0 Å². The molecule has 0 aromatic heterocycles. The van der Waals surface area contributed by atoms with E-state index in [1.807, 2.05) is 55.9 Å². The van der Waals surface area contributed by atoms with Gasteiger partial charge in [0.2, 0.25) is 0 Å². The molecular formula is C23H29N3O2S. The van der Waals surface area contributed by atoms with E-state index in [1.54, 1.807) is 12.1 Å². The van der Waals surface area contributed by atoms with Gasteiger partial charge in [-0.25, -0.2) is 4.79 Å². The van der Waals surface area contributed by atoms with Crippen LogP contribution in [0.3, 0.4) is 0 Å². The summed E-state index contributed by atoms with van der Waals surface area (Å²) in [5.74, 6) is -0.124. The maximum absolute atomic E-state index is 12.7. The molecule has 1 aliphatic rings. The first-order valence-corrected chi connectivity index (χ1v) is 11.1. The van der Waals surface area contributed by atoms with Crippen molar-refractivity contribution in [1.29, 1.82) is 0 Å². The van der Waals surface area contributed by atoms with Crippen molar-refractivity contribution in [2.24, 2.45) is 0 Å². The number of rotatable bonds is 7.